The maximum Gasteiger partial charge on any atom is 0.409 e. The highest BCUT2D eigenvalue weighted by molar-refractivity contribution is 6.03. The Bertz CT molecular complexity index is 1330. The Kier molecular flexibility index (Phi) is 6.56. The fourth-order valence-corrected chi connectivity index (χ4v) is 11.2. The van der Waals surface area contributed by atoms with E-state index >= 15 is 0 Å². The van der Waals surface area contributed by atoms with Gasteiger partial charge in [0.15, 0.2) is 11.6 Å². The molecule has 0 unspecified atom stereocenters. The third kappa shape index (κ3) is 3.90. The molecule has 0 bridgehead atoms. The quantitative estimate of drug-likeness (QED) is 0.316. The first-order chi connectivity index (χ1) is 19.5. The zero-order valence-electron chi connectivity index (χ0n) is 26.9. The summed E-state index contributed by atoms with van der Waals surface area (Å²) in [6, 6.07) is 0. The van der Waals surface area contributed by atoms with Gasteiger partial charge in [-0.05, 0) is 91.9 Å². The van der Waals surface area contributed by atoms with E-state index in [-0.39, 0.29) is 62.8 Å². The fraction of sp³-hybridized carbons (Fsp3) is 0.778. The highest BCUT2D eigenvalue weighted by Gasteiger charge is 2.69. The lowest BCUT2D eigenvalue weighted by atomic mass is 9.34. The molecule has 6 aliphatic rings. The predicted molar refractivity (Wildman–Crippen MR) is 162 cm³/mol. The van der Waals surface area contributed by atoms with Crippen LogP contribution < -0.4 is 0 Å². The van der Waals surface area contributed by atoms with Gasteiger partial charge in [0.2, 0.25) is 5.70 Å². The minimum absolute atomic E-state index is 0.0524. The number of nitrogens with zero attached hydrogens (tertiary/aromatic N) is 2. The van der Waals surface area contributed by atoms with Gasteiger partial charge in [0, 0.05) is 35.3 Å². The van der Waals surface area contributed by atoms with E-state index in [1.807, 2.05) is 30.9 Å². The van der Waals surface area contributed by atoms with Crippen molar-refractivity contribution in [2.75, 3.05) is 19.7 Å². The Labute approximate surface area is 252 Å². The van der Waals surface area contributed by atoms with Crippen LogP contribution in [0.4, 0.5) is 4.79 Å². The molecule has 0 radical (unpaired) electrons. The minimum atomic E-state index is -0.652. The Morgan fingerprint density at radius 1 is 1.00 bits per heavy atom. The zero-order chi connectivity index (χ0) is 30.5. The summed E-state index contributed by atoms with van der Waals surface area (Å²) in [6.45, 7) is 25.3. The summed E-state index contributed by atoms with van der Waals surface area (Å²) >= 11 is 0. The van der Waals surface area contributed by atoms with Crippen molar-refractivity contribution in [3.63, 3.8) is 0 Å². The molecule has 1 aliphatic heterocycles. The standard InChI is InChI=1S/C36H50N2O4/c1-31(2)13-15-36(22-42-30(41)38-17-9-10-18-38)16-14-35(7)28(23(36)20-31)25(39)19-27-33(5)21-24(37-8)29(40)32(3,4)26(33)11-12-34(27,35)6/h19,21,23,26,28H,9-18,20,22H2,1-7H3/t23-,26-,28-,33-,34+,35+,36+/m0/s1. The molecule has 0 aromatic heterocycles. The third-order valence-corrected chi connectivity index (χ3v) is 13.9. The first-order valence-electron chi connectivity index (χ1n) is 16.4. The van der Waals surface area contributed by atoms with Crippen LogP contribution in [0.1, 0.15) is 106 Å². The summed E-state index contributed by atoms with van der Waals surface area (Å²) in [5, 5.41) is 0. The SMILES string of the molecule is [C-]#[N+]C1=C[C@]2(C)C3=CC(=O)[C@@H]4[C@@H]5CC(C)(C)CC[C@]5(COC(=O)N5CCCC5)CC[C@@]4(C)[C@]3(C)CC[C@H]2C(C)(C)C1=O. The van der Waals surface area contributed by atoms with Crippen molar-refractivity contribution < 1.29 is 19.1 Å². The maximum absolute atomic E-state index is 14.6. The predicted octanol–water partition coefficient (Wildman–Crippen LogP) is 7.79. The monoisotopic (exact) mass is 574 g/mol. The number of Topliss-reactive ketones (excluding diaryl/α,β-unsaturated/α-hetero) is 1. The lowest BCUT2D eigenvalue weighted by molar-refractivity contribution is -0.178. The summed E-state index contributed by atoms with van der Waals surface area (Å²) in [6.07, 6.45) is 12.5. The van der Waals surface area contributed by atoms with Crippen LogP contribution in [0.15, 0.2) is 23.4 Å². The molecule has 6 nitrogen and oxygen atoms in total. The van der Waals surface area contributed by atoms with Crippen LogP contribution in [-0.2, 0) is 14.3 Å². The van der Waals surface area contributed by atoms with Crippen molar-refractivity contribution in [3.8, 4) is 0 Å². The molecule has 0 aromatic rings. The Morgan fingerprint density at radius 2 is 1.67 bits per heavy atom. The van der Waals surface area contributed by atoms with E-state index in [2.05, 4.69) is 39.5 Å². The molecule has 228 valence electrons. The first kappa shape index (κ1) is 29.6. The van der Waals surface area contributed by atoms with Crippen molar-refractivity contribution in [1.29, 1.82) is 0 Å². The molecule has 7 atom stereocenters. The van der Waals surface area contributed by atoms with E-state index in [1.54, 1.807) is 0 Å². The van der Waals surface area contributed by atoms with Gasteiger partial charge in [0.25, 0.3) is 0 Å². The molecular formula is C36H50N2O4. The lowest BCUT2D eigenvalue weighted by Crippen LogP contribution is -2.65. The van der Waals surface area contributed by atoms with E-state index in [0.29, 0.717) is 6.61 Å². The number of fused-ring (bicyclic) bond motifs is 7. The Morgan fingerprint density at radius 3 is 2.33 bits per heavy atom. The summed E-state index contributed by atoms with van der Waals surface area (Å²) in [7, 11) is 0. The van der Waals surface area contributed by atoms with Gasteiger partial charge in [0.1, 0.15) is 0 Å². The minimum Gasteiger partial charge on any atom is -0.449 e. The number of hydrogen-bond donors (Lipinski definition) is 0. The Hall–Kier alpha value is -2.42. The maximum atomic E-state index is 14.6. The number of hydrogen-bond acceptors (Lipinski definition) is 4. The van der Waals surface area contributed by atoms with Crippen molar-refractivity contribution in [3.05, 3.63) is 34.8 Å². The molecule has 1 heterocycles. The van der Waals surface area contributed by atoms with Crippen LogP contribution in [0.3, 0.4) is 0 Å². The number of rotatable bonds is 2. The van der Waals surface area contributed by atoms with Crippen LogP contribution in [0.5, 0.6) is 0 Å². The number of carbonyl (C=O) groups is 3. The van der Waals surface area contributed by atoms with Crippen LogP contribution in [0, 0.1) is 56.8 Å². The summed E-state index contributed by atoms with van der Waals surface area (Å²) in [5.41, 5.74) is -0.331. The second kappa shape index (κ2) is 9.29. The molecule has 1 amide bonds. The van der Waals surface area contributed by atoms with Gasteiger partial charge in [-0.2, -0.15) is 0 Å². The molecule has 5 aliphatic carbocycles. The fourth-order valence-electron chi connectivity index (χ4n) is 11.2. The third-order valence-electron chi connectivity index (χ3n) is 13.9. The van der Waals surface area contributed by atoms with Crippen molar-refractivity contribution in [2.45, 2.75) is 106 Å². The van der Waals surface area contributed by atoms with Gasteiger partial charge in [-0.1, -0.05) is 60.1 Å². The van der Waals surface area contributed by atoms with Gasteiger partial charge in [-0.15, -0.1) is 0 Å². The summed E-state index contributed by atoms with van der Waals surface area (Å²) in [5.74, 6) is 0.213. The second-order valence-corrected chi connectivity index (χ2v) is 16.8. The van der Waals surface area contributed by atoms with Crippen molar-refractivity contribution in [2.24, 2.45) is 50.2 Å². The largest absolute Gasteiger partial charge is 0.449 e. The molecule has 3 saturated carbocycles. The van der Waals surface area contributed by atoms with Gasteiger partial charge in [-0.3, -0.25) is 4.79 Å². The molecule has 0 aromatic carbocycles. The van der Waals surface area contributed by atoms with E-state index < -0.39 is 10.8 Å². The van der Waals surface area contributed by atoms with Crippen molar-refractivity contribution >= 4 is 17.7 Å². The summed E-state index contributed by atoms with van der Waals surface area (Å²) < 4.78 is 6.11. The van der Waals surface area contributed by atoms with Gasteiger partial charge in [-0.25, -0.2) is 9.64 Å². The van der Waals surface area contributed by atoms with Crippen LogP contribution >= 0.6 is 0 Å². The summed E-state index contributed by atoms with van der Waals surface area (Å²) in [4.78, 5) is 46.5. The lowest BCUT2D eigenvalue weighted by Gasteiger charge is -2.69. The molecular weight excluding hydrogens is 524 g/mol. The number of ketones is 2. The topological polar surface area (TPSA) is 68.0 Å². The molecule has 6 heteroatoms. The highest BCUT2D eigenvalue weighted by Crippen LogP contribution is 2.74. The number of ether oxygens (including phenoxy) is 1. The van der Waals surface area contributed by atoms with E-state index in [0.717, 1.165) is 76.5 Å². The van der Waals surface area contributed by atoms with Crippen LogP contribution in [-0.4, -0.2) is 42.3 Å². The number of likely N-dealkylation sites (tertiary alicyclic amines) is 1. The average Bonchev–Trinajstić information content (AvgIpc) is 3.46. The van der Waals surface area contributed by atoms with Gasteiger partial charge < -0.3 is 14.4 Å². The second-order valence-electron chi connectivity index (χ2n) is 16.8. The average molecular weight is 575 g/mol. The number of allylic oxidation sites excluding steroid dienone is 4. The van der Waals surface area contributed by atoms with E-state index in [4.69, 9.17) is 11.3 Å². The molecule has 42 heavy (non-hydrogen) atoms. The molecule has 0 N–H and O–H groups in total. The molecule has 6 rings (SSSR count). The number of carbonyl (C=O) groups excluding carboxylic acids is 3. The number of amides is 1. The molecule has 0 spiro atoms. The van der Waals surface area contributed by atoms with E-state index in [9.17, 15) is 14.4 Å². The normalized spacial score (nSPS) is 43.6. The zero-order valence-corrected chi connectivity index (χ0v) is 26.9. The smallest absolute Gasteiger partial charge is 0.409 e. The van der Waals surface area contributed by atoms with Crippen LogP contribution in [0.2, 0.25) is 0 Å². The Balaban J connectivity index is 1.42. The van der Waals surface area contributed by atoms with Gasteiger partial charge >= 0.3 is 6.09 Å². The van der Waals surface area contributed by atoms with Crippen molar-refractivity contribution in [1.82, 2.24) is 4.90 Å². The van der Waals surface area contributed by atoms with Gasteiger partial charge in [0.05, 0.1) is 13.2 Å². The highest BCUT2D eigenvalue weighted by atomic mass is 16.6. The van der Waals surface area contributed by atoms with Crippen LogP contribution in [0.25, 0.3) is 4.85 Å². The molecule has 1 saturated heterocycles. The molecule has 4 fully saturated rings. The first-order valence-corrected chi connectivity index (χ1v) is 16.4. The van der Waals surface area contributed by atoms with E-state index in [1.165, 1.54) is 0 Å².